The van der Waals surface area contributed by atoms with Gasteiger partial charge >= 0.3 is 5.97 Å². The zero-order valence-electron chi connectivity index (χ0n) is 10.1. The third kappa shape index (κ3) is 3.48. The van der Waals surface area contributed by atoms with E-state index < -0.39 is 12.0 Å². The van der Waals surface area contributed by atoms with Crippen molar-refractivity contribution < 1.29 is 14.7 Å². The number of carbonyl (C=O) groups is 2. The monoisotopic (exact) mass is 228 g/mol. The average molecular weight is 228 g/mol. The summed E-state index contributed by atoms with van der Waals surface area (Å²) in [5.74, 6) is -1.03. The smallest absolute Gasteiger partial charge is 0.326 e. The van der Waals surface area contributed by atoms with Gasteiger partial charge in [0.05, 0.1) is 6.54 Å². The molecule has 92 valence electrons. The Morgan fingerprint density at radius 1 is 1.44 bits per heavy atom. The first kappa shape index (κ1) is 13.0. The predicted molar refractivity (Wildman–Crippen MR) is 60.1 cm³/mol. The van der Waals surface area contributed by atoms with Gasteiger partial charge in [-0.15, -0.1) is 0 Å². The molecule has 5 nitrogen and oxygen atoms in total. The molecule has 0 aromatic heterocycles. The van der Waals surface area contributed by atoms with Crippen molar-refractivity contribution in [3.8, 4) is 0 Å². The molecule has 5 heteroatoms. The minimum atomic E-state index is -0.901. The minimum absolute atomic E-state index is 0.125. The number of nitrogens with one attached hydrogen (secondary N) is 1. The molecule has 1 amide bonds. The van der Waals surface area contributed by atoms with Crippen LogP contribution < -0.4 is 5.32 Å². The van der Waals surface area contributed by atoms with E-state index in [1.807, 2.05) is 20.8 Å². The van der Waals surface area contributed by atoms with Crippen LogP contribution in [0.5, 0.6) is 0 Å². The Morgan fingerprint density at radius 3 is 2.56 bits per heavy atom. The SMILES string of the molecule is CC(C)(C)NCC(=O)N1CCC[C@@H]1C(=O)O. The highest BCUT2D eigenvalue weighted by Crippen LogP contribution is 2.17. The third-order valence-corrected chi connectivity index (χ3v) is 2.63. The van der Waals surface area contributed by atoms with Crippen molar-refractivity contribution in [2.75, 3.05) is 13.1 Å². The van der Waals surface area contributed by atoms with Gasteiger partial charge in [0, 0.05) is 12.1 Å². The van der Waals surface area contributed by atoms with Crippen LogP contribution in [0.2, 0.25) is 0 Å². The molecule has 1 aliphatic rings. The van der Waals surface area contributed by atoms with Gasteiger partial charge in [-0.25, -0.2) is 4.79 Å². The highest BCUT2D eigenvalue weighted by Gasteiger charge is 2.33. The highest BCUT2D eigenvalue weighted by atomic mass is 16.4. The molecule has 1 rings (SSSR count). The Balaban J connectivity index is 2.50. The Bertz CT molecular complexity index is 283. The van der Waals surface area contributed by atoms with Crippen LogP contribution in [0.15, 0.2) is 0 Å². The van der Waals surface area contributed by atoms with Crippen molar-refractivity contribution in [2.24, 2.45) is 0 Å². The molecule has 0 saturated carbocycles. The number of hydrogen-bond donors (Lipinski definition) is 2. The fraction of sp³-hybridized carbons (Fsp3) is 0.818. The first-order valence-electron chi connectivity index (χ1n) is 5.58. The van der Waals surface area contributed by atoms with E-state index >= 15 is 0 Å². The van der Waals surface area contributed by atoms with E-state index in [0.29, 0.717) is 13.0 Å². The maximum atomic E-state index is 11.8. The number of nitrogens with zero attached hydrogens (tertiary/aromatic N) is 1. The van der Waals surface area contributed by atoms with E-state index in [4.69, 9.17) is 5.11 Å². The van der Waals surface area contributed by atoms with E-state index in [9.17, 15) is 9.59 Å². The van der Waals surface area contributed by atoms with Crippen LogP contribution in [0.25, 0.3) is 0 Å². The van der Waals surface area contributed by atoms with E-state index in [-0.39, 0.29) is 18.0 Å². The van der Waals surface area contributed by atoms with Gasteiger partial charge in [-0.2, -0.15) is 0 Å². The average Bonchev–Trinajstić information content (AvgIpc) is 2.61. The Labute approximate surface area is 95.8 Å². The fourth-order valence-electron chi connectivity index (χ4n) is 1.76. The first-order chi connectivity index (χ1) is 7.31. The van der Waals surface area contributed by atoms with Gasteiger partial charge in [-0.3, -0.25) is 4.79 Å². The summed E-state index contributed by atoms with van der Waals surface area (Å²) in [6, 6.07) is -0.630. The van der Waals surface area contributed by atoms with Crippen molar-refractivity contribution in [3.05, 3.63) is 0 Å². The summed E-state index contributed by atoms with van der Waals surface area (Å²) >= 11 is 0. The molecule has 0 spiro atoms. The zero-order valence-corrected chi connectivity index (χ0v) is 10.1. The molecular weight excluding hydrogens is 208 g/mol. The highest BCUT2D eigenvalue weighted by molar-refractivity contribution is 5.85. The molecule has 1 saturated heterocycles. The van der Waals surface area contributed by atoms with Gasteiger partial charge in [0.25, 0.3) is 0 Å². The molecule has 1 fully saturated rings. The number of hydrogen-bond acceptors (Lipinski definition) is 3. The van der Waals surface area contributed by atoms with Crippen molar-refractivity contribution >= 4 is 11.9 Å². The first-order valence-corrected chi connectivity index (χ1v) is 5.58. The molecule has 0 aromatic carbocycles. The van der Waals surface area contributed by atoms with Gasteiger partial charge in [0.1, 0.15) is 6.04 Å². The Kier molecular flexibility index (Phi) is 3.91. The van der Waals surface area contributed by atoms with Crippen LogP contribution in [0, 0.1) is 0 Å². The second-order valence-electron chi connectivity index (χ2n) is 5.19. The van der Waals surface area contributed by atoms with E-state index in [1.165, 1.54) is 4.90 Å². The lowest BCUT2D eigenvalue weighted by Crippen LogP contribution is -2.48. The second kappa shape index (κ2) is 4.82. The molecule has 0 radical (unpaired) electrons. The quantitative estimate of drug-likeness (QED) is 0.736. The lowest BCUT2D eigenvalue weighted by molar-refractivity contribution is -0.147. The number of likely N-dealkylation sites (tertiary alicyclic amines) is 1. The third-order valence-electron chi connectivity index (χ3n) is 2.63. The maximum Gasteiger partial charge on any atom is 0.326 e. The largest absolute Gasteiger partial charge is 0.480 e. The summed E-state index contributed by atoms with van der Waals surface area (Å²) in [6.45, 7) is 6.67. The molecule has 2 N–H and O–H groups in total. The lowest BCUT2D eigenvalue weighted by atomic mass is 10.1. The van der Waals surface area contributed by atoms with E-state index in [1.54, 1.807) is 0 Å². The van der Waals surface area contributed by atoms with Gasteiger partial charge in [0.2, 0.25) is 5.91 Å². The van der Waals surface area contributed by atoms with Gasteiger partial charge < -0.3 is 15.3 Å². The van der Waals surface area contributed by atoms with Gasteiger partial charge in [-0.05, 0) is 33.6 Å². The van der Waals surface area contributed by atoms with Crippen molar-refractivity contribution in [2.45, 2.75) is 45.2 Å². The van der Waals surface area contributed by atoms with Gasteiger partial charge in [-0.1, -0.05) is 0 Å². The van der Waals surface area contributed by atoms with E-state index in [0.717, 1.165) is 6.42 Å². The second-order valence-corrected chi connectivity index (χ2v) is 5.19. The van der Waals surface area contributed by atoms with Crippen molar-refractivity contribution in [1.82, 2.24) is 10.2 Å². The normalized spacial score (nSPS) is 21.2. The van der Waals surface area contributed by atoms with Crippen molar-refractivity contribution in [3.63, 3.8) is 0 Å². The summed E-state index contributed by atoms with van der Waals surface area (Å²) in [5.41, 5.74) is -0.131. The van der Waals surface area contributed by atoms with Crippen LogP contribution in [0.4, 0.5) is 0 Å². The van der Waals surface area contributed by atoms with Crippen LogP contribution in [-0.4, -0.2) is 46.6 Å². The summed E-state index contributed by atoms with van der Waals surface area (Å²) in [5, 5.41) is 12.0. The molecule has 1 atom stereocenters. The molecule has 0 aromatic rings. The summed E-state index contributed by atoms with van der Waals surface area (Å²) < 4.78 is 0. The predicted octanol–water partition coefficient (Wildman–Crippen LogP) is 0.450. The van der Waals surface area contributed by atoms with Crippen LogP contribution >= 0.6 is 0 Å². The summed E-state index contributed by atoms with van der Waals surface area (Å²) in [4.78, 5) is 24.2. The number of carboxylic acids is 1. The minimum Gasteiger partial charge on any atom is -0.480 e. The zero-order chi connectivity index (χ0) is 12.3. The molecule has 1 heterocycles. The molecule has 1 aliphatic heterocycles. The van der Waals surface area contributed by atoms with Crippen LogP contribution in [0.3, 0.4) is 0 Å². The number of aliphatic carboxylic acids is 1. The Hall–Kier alpha value is -1.10. The molecule has 0 aliphatic carbocycles. The number of amides is 1. The lowest BCUT2D eigenvalue weighted by Gasteiger charge is -2.25. The number of rotatable bonds is 3. The molecule has 0 unspecified atom stereocenters. The molecule has 0 bridgehead atoms. The molecule has 16 heavy (non-hydrogen) atoms. The topological polar surface area (TPSA) is 69.6 Å². The van der Waals surface area contributed by atoms with Gasteiger partial charge in [0.15, 0.2) is 0 Å². The van der Waals surface area contributed by atoms with Crippen LogP contribution in [-0.2, 0) is 9.59 Å². The number of carbonyl (C=O) groups excluding carboxylic acids is 1. The molecular formula is C11H20N2O3. The summed E-state index contributed by atoms with van der Waals surface area (Å²) in [7, 11) is 0. The van der Waals surface area contributed by atoms with E-state index in [2.05, 4.69) is 5.32 Å². The standard InChI is InChI=1S/C11H20N2O3/c1-11(2,3)12-7-9(14)13-6-4-5-8(13)10(15)16/h8,12H,4-7H2,1-3H3,(H,15,16)/t8-/m1/s1. The van der Waals surface area contributed by atoms with Crippen LogP contribution in [0.1, 0.15) is 33.6 Å². The fourth-order valence-corrected chi connectivity index (χ4v) is 1.76. The summed E-state index contributed by atoms with van der Waals surface area (Å²) in [6.07, 6.45) is 1.34. The maximum absolute atomic E-state index is 11.8. The van der Waals surface area contributed by atoms with Crippen molar-refractivity contribution in [1.29, 1.82) is 0 Å². The Morgan fingerprint density at radius 2 is 2.06 bits per heavy atom. The number of carboxylic acid groups (broad SMARTS) is 1.